The fraction of sp³-hybridized carbons (Fsp3) is 0.846. The third-order valence-electron chi connectivity index (χ3n) is 3.32. The van der Waals surface area contributed by atoms with Gasteiger partial charge in [0.2, 0.25) is 5.91 Å². The highest BCUT2D eigenvalue weighted by Gasteiger charge is 2.54. The predicted octanol–water partition coefficient (Wildman–Crippen LogP) is 1.10. The Bertz CT molecular complexity index is 324. The maximum atomic E-state index is 12.6. The van der Waals surface area contributed by atoms with E-state index in [1.54, 1.807) is 0 Å². The van der Waals surface area contributed by atoms with Gasteiger partial charge in [-0.15, -0.1) is 0 Å². The van der Waals surface area contributed by atoms with Gasteiger partial charge < -0.3 is 15.5 Å². The molecule has 0 atom stereocenters. The van der Waals surface area contributed by atoms with Crippen LogP contribution >= 0.6 is 12.2 Å². The molecular weight excluding hydrogens is 246 g/mol. The zero-order chi connectivity index (χ0) is 13.9. The summed E-state index contributed by atoms with van der Waals surface area (Å²) in [6.07, 6.45) is 1.63. The minimum Gasteiger partial charge on any atom is -0.392 e. The van der Waals surface area contributed by atoms with Gasteiger partial charge in [-0.25, -0.2) is 0 Å². The quantitative estimate of drug-likeness (QED) is 0.705. The average molecular weight is 271 g/mol. The number of thiocarbonyl (C=S) groups is 1. The highest BCUT2D eigenvalue weighted by Crippen LogP contribution is 2.47. The summed E-state index contributed by atoms with van der Waals surface area (Å²) < 4.78 is 0. The van der Waals surface area contributed by atoms with Gasteiger partial charge in [-0.05, 0) is 32.9 Å². The second kappa shape index (κ2) is 5.97. The second-order valence-corrected chi connectivity index (χ2v) is 6.33. The molecule has 1 saturated carbocycles. The minimum atomic E-state index is -0.517. The van der Waals surface area contributed by atoms with Crippen LogP contribution in [0.4, 0.5) is 0 Å². The zero-order valence-corrected chi connectivity index (χ0v) is 12.7. The number of nitrogens with zero attached hydrogens (tertiary/aromatic N) is 2. The van der Waals surface area contributed by atoms with E-state index in [1.807, 2.05) is 19.0 Å². The summed E-state index contributed by atoms with van der Waals surface area (Å²) in [6, 6.07) is 0. The van der Waals surface area contributed by atoms with Crippen LogP contribution in [0.25, 0.3) is 0 Å². The van der Waals surface area contributed by atoms with Crippen LogP contribution in [-0.4, -0.2) is 54.4 Å². The third-order valence-corrected chi connectivity index (χ3v) is 3.71. The molecule has 18 heavy (non-hydrogen) atoms. The Morgan fingerprint density at radius 2 is 1.89 bits per heavy atom. The van der Waals surface area contributed by atoms with E-state index in [1.165, 1.54) is 0 Å². The van der Waals surface area contributed by atoms with E-state index < -0.39 is 5.41 Å². The topological polar surface area (TPSA) is 49.6 Å². The van der Waals surface area contributed by atoms with Crippen molar-refractivity contribution in [2.75, 3.05) is 33.7 Å². The first-order chi connectivity index (χ1) is 8.29. The van der Waals surface area contributed by atoms with Crippen molar-refractivity contribution >= 4 is 23.1 Å². The highest BCUT2D eigenvalue weighted by molar-refractivity contribution is 7.80. The largest absolute Gasteiger partial charge is 0.392 e. The SMILES string of the molecule is CC(C)CN(CCN(C)C)C(=O)C1(C(N)=S)CC1. The molecule has 2 N–H and O–H groups in total. The zero-order valence-electron chi connectivity index (χ0n) is 11.9. The Morgan fingerprint density at radius 3 is 2.22 bits per heavy atom. The summed E-state index contributed by atoms with van der Waals surface area (Å²) in [5.41, 5.74) is 5.21. The molecule has 4 nitrogen and oxygen atoms in total. The third kappa shape index (κ3) is 3.65. The van der Waals surface area contributed by atoms with E-state index in [0.717, 1.165) is 32.5 Å². The molecule has 0 aromatic carbocycles. The minimum absolute atomic E-state index is 0.130. The molecule has 5 heteroatoms. The summed E-state index contributed by atoms with van der Waals surface area (Å²) in [7, 11) is 4.02. The Kier molecular flexibility index (Phi) is 5.10. The highest BCUT2D eigenvalue weighted by atomic mass is 32.1. The van der Waals surface area contributed by atoms with Gasteiger partial charge in [0, 0.05) is 19.6 Å². The van der Waals surface area contributed by atoms with Crippen molar-refractivity contribution in [3.8, 4) is 0 Å². The van der Waals surface area contributed by atoms with Crippen LogP contribution in [0.5, 0.6) is 0 Å². The number of rotatable bonds is 7. The summed E-state index contributed by atoms with van der Waals surface area (Å²) in [5, 5.41) is 0. The molecule has 0 saturated heterocycles. The van der Waals surface area contributed by atoms with Crippen molar-refractivity contribution in [2.24, 2.45) is 17.1 Å². The lowest BCUT2D eigenvalue weighted by Crippen LogP contribution is -2.46. The maximum absolute atomic E-state index is 12.6. The van der Waals surface area contributed by atoms with Crippen LogP contribution in [0.2, 0.25) is 0 Å². The van der Waals surface area contributed by atoms with Gasteiger partial charge in [-0.1, -0.05) is 26.1 Å². The Hall–Kier alpha value is -0.680. The van der Waals surface area contributed by atoms with E-state index in [-0.39, 0.29) is 5.91 Å². The molecule has 0 aromatic heterocycles. The van der Waals surface area contributed by atoms with Crippen molar-refractivity contribution in [1.82, 2.24) is 9.80 Å². The van der Waals surface area contributed by atoms with Gasteiger partial charge in [0.25, 0.3) is 0 Å². The van der Waals surface area contributed by atoms with Gasteiger partial charge in [0.05, 0.1) is 10.4 Å². The number of carbonyl (C=O) groups is 1. The van der Waals surface area contributed by atoms with Gasteiger partial charge in [-0.3, -0.25) is 4.79 Å². The molecule has 1 rings (SSSR count). The van der Waals surface area contributed by atoms with Crippen LogP contribution in [0.1, 0.15) is 26.7 Å². The molecule has 0 aromatic rings. The molecule has 104 valence electrons. The number of carbonyl (C=O) groups excluding carboxylic acids is 1. The van der Waals surface area contributed by atoms with E-state index >= 15 is 0 Å². The molecule has 0 aliphatic heterocycles. The summed E-state index contributed by atoms with van der Waals surface area (Å²) in [4.78, 5) is 16.9. The Balaban J connectivity index is 2.70. The molecule has 0 radical (unpaired) electrons. The average Bonchev–Trinajstić information content (AvgIpc) is 3.03. The fourth-order valence-corrected chi connectivity index (χ4v) is 2.32. The molecule has 0 heterocycles. The van der Waals surface area contributed by atoms with Gasteiger partial charge in [0.1, 0.15) is 0 Å². The van der Waals surface area contributed by atoms with E-state index in [9.17, 15) is 4.79 Å². The first-order valence-electron chi connectivity index (χ1n) is 6.53. The van der Waals surface area contributed by atoms with E-state index in [2.05, 4.69) is 18.7 Å². The number of hydrogen-bond acceptors (Lipinski definition) is 3. The first-order valence-corrected chi connectivity index (χ1v) is 6.94. The van der Waals surface area contributed by atoms with Crippen LogP contribution in [0, 0.1) is 11.3 Å². The smallest absolute Gasteiger partial charge is 0.235 e. The van der Waals surface area contributed by atoms with Crippen molar-refractivity contribution in [3.63, 3.8) is 0 Å². The molecule has 0 bridgehead atoms. The van der Waals surface area contributed by atoms with E-state index in [4.69, 9.17) is 18.0 Å². The first kappa shape index (κ1) is 15.4. The molecule has 1 fully saturated rings. The van der Waals surface area contributed by atoms with Crippen LogP contribution < -0.4 is 5.73 Å². The molecule has 1 aliphatic rings. The van der Waals surface area contributed by atoms with Crippen molar-refractivity contribution in [1.29, 1.82) is 0 Å². The van der Waals surface area contributed by atoms with Crippen LogP contribution in [0.3, 0.4) is 0 Å². The summed E-state index contributed by atoms with van der Waals surface area (Å²) in [6.45, 7) is 6.63. The van der Waals surface area contributed by atoms with Gasteiger partial charge in [-0.2, -0.15) is 0 Å². The van der Waals surface area contributed by atoms with Crippen molar-refractivity contribution < 1.29 is 4.79 Å². The molecule has 1 aliphatic carbocycles. The monoisotopic (exact) mass is 271 g/mol. The lowest BCUT2D eigenvalue weighted by molar-refractivity contribution is -0.135. The fourth-order valence-electron chi connectivity index (χ4n) is 2.03. The summed E-state index contributed by atoms with van der Waals surface area (Å²) in [5.74, 6) is 0.587. The van der Waals surface area contributed by atoms with Crippen LogP contribution in [0.15, 0.2) is 0 Å². The molecule has 0 spiro atoms. The normalized spacial score (nSPS) is 17.0. The van der Waals surface area contributed by atoms with Crippen molar-refractivity contribution in [3.05, 3.63) is 0 Å². The maximum Gasteiger partial charge on any atom is 0.235 e. The van der Waals surface area contributed by atoms with E-state index in [0.29, 0.717) is 10.9 Å². The standard InChI is InChI=1S/C13H25N3OS/c1-10(2)9-16(8-7-15(3)4)12(17)13(5-6-13)11(14)18/h10H,5-9H2,1-4H3,(H2,14,18). The van der Waals surface area contributed by atoms with Crippen molar-refractivity contribution in [2.45, 2.75) is 26.7 Å². The number of amides is 1. The number of likely N-dealkylation sites (N-methyl/N-ethyl adjacent to an activating group) is 1. The predicted molar refractivity (Wildman–Crippen MR) is 78.4 cm³/mol. The lowest BCUT2D eigenvalue weighted by Gasteiger charge is -2.29. The Labute approximate surface area is 115 Å². The lowest BCUT2D eigenvalue weighted by atomic mass is 10.0. The number of nitrogens with two attached hydrogens (primary N) is 1. The van der Waals surface area contributed by atoms with Gasteiger partial charge >= 0.3 is 0 Å². The molecule has 0 unspecified atom stereocenters. The molecular formula is C13H25N3OS. The Morgan fingerprint density at radius 1 is 1.33 bits per heavy atom. The second-order valence-electron chi connectivity index (χ2n) is 5.89. The van der Waals surface area contributed by atoms with Crippen LogP contribution in [-0.2, 0) is 4.79 Å². The summed E-state index contributed by atoms with van der Waals surface area (Å²) >= 11 is 5.06. The number of hydrogen-bond donors (Lipinski definition) is 1. The van der Waals surface area contributed by atoms with Gasteiger partial charge in [0.15, 0.2) is 0 Å². The molecule has 1 amide bonds.